The van der Waals surface area contributed by atoms with Gasteiger partial charge in [0, 0.05) is 0 Å². The summed E-state index contributed by atoms with van der Waals surface area (Å²) in [5.74, 6) is -0.347. The second-order valence-electron chi connectivity index (χ2n) is 8.13. The molecular weight excluding hydrogens is 343 g/mol. The van der Waals surface area contributed by atoms with Crippen molar-refractivity contribution in [1.29, 1.82) is 0 Å². The van der Waals surface area contributed by atoms with E-state index in [0.717, 1.165) is 38.5 Å². The summed E-state index contributed by atoms with van der Waals surface area (Å²) < 4.78 is 0. The van der Waals surface area contributed by atoms with Crippen LogP contribution in [0.5, 0.6) is 0 Å². The average molecular weight is 373 g/mol. The molecule has 0 bridgehead atoms. The van der Waals surface area contributed by atoms with Gasteiger partial charge in [0.2, 0.25) is 0 Å². The third-order valence-electron chi connectivity index (χ3n) is 6.63. The van der Waals surface area contributed by atoms with Crippen LogP contribution in [0.1, 0.15) is 78.1 Å². The van der Waals surface area contributed by atoms with E-state index in [1.165, 1.54) is 25.7 Å². The van der Waals surface area contributed by atoms with Crippen LogP contribution < -0.4 is 0 Å². The first kappa shape index (κ1) is 18.7. The van der Waals surface area contributed by atoms with Crippen LogP contribution in [-0.2, 0) is 9.59 Å². The maximum absolute atomic E-state index is 12.9. The van der Waals surface area contributed by atoms with Gasteiger partial charge in [0.1, 0.15) is 9.75 Å². The Morgan fingerprint density at radius 3 is 1.42 bits per heavy atom. The highest BCUT2D eigenvalue weighted by molar-refractivity contribution is 6.51. The van der Waals surface area contributed by atoms with Gasteiger partial charge in [-0.25, -0.2) is 0 Å². The van der Waals surface area contributed by atoms with Crippen LogP contribution in [-0.4, -0.2) is 21.3 Å². The lowest BCUT2D eigenvalue weighted by molar-refractivity contribution is -0.129. The number of carbonyl (C=O) groups is 2. The molecule has 4 heteroatoms. The highest BCUT2D eigenvalue weighted by Gasteiger charge is 2.87. The molecule has 3 rings (SSSR count). The number of fused-ring (bicyclic) bond motifs is 2. The summed E-state index contributed by atoms with van der Waals surface area (Å²) in [7, 11) is 0. The van der Waals surface area contributed by atoms with Gasteiger partial charge in [-0.15, -0.1) is 23.2 Å². The number of unbranched alkanes of at least 4 members (excludes halogenated alkanes) is 6. The van der Waals surface area contributed by atoms with Gasteiger partial charge >= 0.3 is 0 Å². The van der Waals surface area contributed by atoms with E-state index in [-0.39, 0.29) is 35.2 Å². The van der Waals surface area contributed by atoms with Gasteiger partial charge < -0.3 is 0 Å². The summed E-state index contributed by atoms with van der Waals surface area (Å²) in [6.07, 6.45) is 11.0. The Balaban J connectivity index is 1.59. The van der Waals surface area contributed by atoms with E-state index in [4.69, 9.17) is 23.2 Å². The molecule has 6 atom stereocenters. The Hall–Kier alpha value is -0.0800. The molecule has 0 unspecified atom stereocenters. The number of Topliss-reactive ketones (excluding diaryl/α,β-unsaturated/α-hetero) is 2. The summed E-state index contributed by atoms with van der Waals surface area (Å²) in [5.41, 5.74) is 0. The molecule has 0 spiro atoms. The zero-order chi connectivity index (χ0) is 17.5. The molecule has 24 heavy (non-hydrogen) atoms. The Morgan fingerprint density at radius 2 is 1.08 bits per heavy atom. The zero-order valence-electron chi connectivity index (χ0n) is 15.0. The monoisotopic (exact) mass is 372 g/mol. The highest BCUT2D eigenvalue weighted by Crippen LogP contribution is 2.75. The Kier molecular flexibility index (Phi) is 5.39. The molecule has 136 valence electrons. The van der Waals surface area contributed by atoms with Crippen LogP contribution in [0.15, 0.2) is 0 Å². The van der Waals surface area contributed by atoms with Crippen molar-refractivity contribution in [3.05, 3.63) is 0 Å². The van der Waals surface area contributed by atoms with Gasteiger partial charge in [0.15, 0.2) is 11.6 Å². The number of carbonyl (C=O) groups excluding carboxylic acids is 2. The van der Waals surface area contributed by atoms with Crippen LogP contribution in [0.3, 0.4) is 0 Å². The van der Waals surface area contributed by atoms with Crippen molar-refractivity contribution < 1.29 is 9.59 Å². The topological polar surface area (TPSA) is 34.1 Å². The lowest BCUT2D eigenvalue weighted by atomic mass is 9.97. The van der Waals surface area contributed by atoms with Gasteiger partial charge in [-0.3, -0.25) is 9.59 Å². The number of hydrogen-bond donors (Lipinski definition) is 0. The maximum atomic E-state index is 12.9. The predicted molar refractivity (Wildman–Crippen MR) is 98.7 cm³/mol. The summed E-state index contributed by atoms with van der Waals surface area (Å²) in [6, 6.07) is 0. The molecule has 0 radical (unpaired) electrons. The van der Waals surface area contributed by atoms with Crippen molar-refractivity contribution in [2.75, 3.05) is 0 Å². The minimum Gasteiger partial charge on any atom is -0.297 e. The molecule has 0 aliphatic heterocycles. The Bertz CT molecular complexity index is 474. The van der Waals surface area contributed by atoms with E-state index in [2.05, 4.69) is 13.8 Å². The Morgan fingerprint density at radius 1 is 0.708 bits per heavy atom. The van der Waals surface area contributed by atoms with E-state index in [1.807, 2.05) is 0 Å². The number of rotatable bonds is 10. The minimum atomic E-state index is -0.898. The van der Waals surface area contributed by atoms with Gasteiger partial charge in [0.05, 0.1) is 11.8 Å². The second-order valence-corrected chi connectivity index (χ2v) is 9.38. The molecule has 0 heterocycles. The first-order valence-electron chi connectivity index (χ1n) is 9.92. The molecule has 2 nitrogen and oxygen atoms in total. The summed E-state index contributed by atoms with van der Waals surface area (Å²) in [5, 5.41) is 0. The van der Waals surface area contributed by atoms with E-state index in [1.54, 1.807) is 0 Å². The number of alkyl halides is 2. The second kappa shape index (κ2) is 6.91. The van der Waals surface area contributed by atoms with Crippen molar-refractivity contribution in [2.45, 2.75) is 87.8 Å². The molecular formula is C20H30Cl2O2. The van der Waals surface area contributed by atoms with Gasteiger partial charge in [-0.1, -0.05) is 65.2 Å². The molecule has 3 fully saturated rings. The molecule has 3 aliphatic carbocycles. The molecule has 0 saturated heterocycles. The molecule has 0 N–H and O–H groups in total. The van der Waals surface area contributed by atoms with E-state index >= 15 is 0 Å². The van der Waals surface area contributed by atoms with Crippen molar-refractivity contribution >= 4 is 34.8 Å². The molecule has 0 amide bonds. The van der Waals surface area contributed by atoms with Crippen molar-refractivity contribution in [1.82, 2.24) is 0 Å². The summed E-state index contributed by atoms with van der Waals surface area (Å²) in [6.45, 7) is 4.36. The highest BCUT2D eigenvalue weighted by atomic mass is 35.5. The van der Waals surface area contributed by atoms with E-state index < -0.39 is 9.75 Å². The van der Waals surface area contributed by atoms with Crippen LogP contribution in [0, 0.1) is 23.7 Å². The van der Waals surface area contributed by atoms with E-state index in [9.17, 15) is 9.59 Å². The SMILES string of the molecule is CCCCCC[C@@H]1[C@H]2C(=O)[C@]3(Cl)[C@@H](CCCCCC)[C@@H]3C(=O)[C@@]12Cl. The van der Waals surface area contributed by atoms with Crippen LogP contribution in [0.25, 0.3) is 0 Å². The maximum Gasteiger partial charge on any atom is 0.160 e. The smallest absolute Gasteiger partial charge is 0.160 e. The number of hydrogen-bond acceptors (Lipinski definition) is 2. The average Bonchev–Trinajstić information content (AvgIpc) is 3.38. The fourth-order valence-corrected chi connectivity index (χ4v) is 6.16. The first-order valence-corrected chi connectivity index (χ1v) is 10.7. The van der Waals surface area contributed by atoms with Gasteiger partial charge in [-0.2, -0.15) is 0 Å². The third-order valence-corrected chi connectivity index (χ3v) is 8.03. The standard InChI is InChI=1S/C20H30Cl2O2/c1-3-5-7-9-11-13-15-17(23)20(22)14(12-10-8-6-4-2)16(20)18(24)19(13,15)21/h13-16H,3-12H2,1-2H3/t13-,14+,15+,16-,19-,20+. The fraction of sp³-hybridized carbons (Fsp3) is 0.900. The molecule has 3 saturated carbocycles. The lowest BCUT2D eigenvalue weighted by Crippen LogP contribution is -2.37. The Labute approximate surface area is 156 Å². The summed E-state index contributed by atoms with van der Waals surface area (Å²) in [4.78, 5) is 24.0. The van der Waals surface area contributed by atoms with Crippen molar-refractivity contribution in [3.63, 3.8) is 0 Å². The number of halogens is 2. The fourth-order valence-electron chi connectivity index (χ4n) is 5.08. The lowest BCUT2D eigenvalue weighted by Gasteiger charge is -2.16. The van der Waals surface area contributed by atoms with Crippen LogP contribution in [0.2, 0.25) is 0 Å². The first-order chi connectivity index (χ1) is 11.5. The molecule has 3 aliphatic rings. The van der Waals surface area contributed by atoms with E-state index in [0.29, 0.717) is 0 Å². The zero-order valence-corrected chi connectivity index (χ0v) is 16.5. The van der Waals surface area contributed by atoms with Crippen molar-refractivity contribution in [2.24, 2.45) is 23.7 Å². The quantitative estimate of drug-likeness (QED) is 0.373. The van der Waals surface area contributed by atoms with Crippen LogP contribution in [0.4, 0.5) is 0 Å². The molecule has 0 aromatic rings. The third kappa shape index (κ3) is 2.67. The van der Waals surface area contributed by atoms with Crippen molar-refractivity contribution in [3.8, 4) is 0 Å². The largest absolute Gasteiger partial charge is 0.297 e. The molecule has 0 aromatic heterocycles. The van der Waals surface area contributed by atoms with Crippen LogP contribution >= 0.6 is 23.2 Å². The minimum absolute atomic E-state index is 0.0418. The van der Waals surface area contributed by atoms with Gasteiger partial charge in [-0.05, 0) is 24.7 Å². The molecule has 0 aromatic carbocycles. The number of ketones is 2. The normalized spacial score (nSPS) is 42.7. The predicted octanol–water partition coefficient (Wildman–Crippen LogP) is 5.53. The van der Waals surface area contributed by atoms with Gasteiger partial charge in [0.25, 0.3) is 0 Å². The summed E-state index contributed by atoms with van der Waals surface area (Å²) >= 11 is 13.3.